The topological polar surface area (TPSA) is 37.4 Å². The van der Waals surface area contributed by atoms with Crippen LogP contribution in [0.2, 0.25) is 0 Å². The van der Waals surface area contributed by atoms with E-state index in [1.165, 1.54) is 11.0 Å². The highest BCUT2D eigenvalue weighted by Crippen LogP contribution is 2.34. The van der Waals surface area contributed by atoms with Crippen LogP contribution in [0, 0.1) is 0 Å². The normalized spacial score (nSPS) is 19.6. The number of β-lactam (4-membered cyclic amide) rings is 1. The molecular weight excluding hydrogens is 190 g/mol. The smallest absolute Gasteiger partial charge is 0.253 e. The van der Waals surface area contributed by atoms with Crippen molar-refractivity contribution in [3.8, 4) is 0 Å². The fraction of sp³-hybridized carbons (Fsp3) is 0.167. The number of carbonyl (C=O) groups is 2. The molecule has 0 N–H and O–H groups in total. The van der Waals surface area contributed by atoms with Crippen molar-refractivity contribution in [2.45, 2.75) is 12.5 Å². The molecule has 0 aliphatic carbocycles. The molecule has 15 heavy (non-hydrogen) atoms. The molecule has 1 atom stereocenters. The Balaban J connectivity index is 2.23. The van der Waals surface area contributed by atoms with Gasteiger partial charge in [-0.15, -0.1) is 0 Å². The first-order valence-corrected chi connectivity index (χ1v) is 4.77. The highest BCUT2D eigenvalue weighted by Gasteiger charge is 2.40. The molecule has 1 unspecified atom stereocenters. The van der Waals surface area contributed by atoms with Crippen molar-refractivity contribution >= 4 is 11.8 Å². The van der Waals surface area contributed by atoms with Crippen LogP contribution >= 0.6 is 0 Å². The van der Waals surface area contributed by atoms with Crippen LogP contribution < -0.4 is 0 Å². The molecule has 76 valence electrons. The van der Waals surface area contributed by atoms with Gasteiger partial charge in [0.2, 0.25) is 5.91 Å². The summed E-state index contributed by atoms with van der Waals surface area (Å²) in [4.78, 5) is 23.9. The van der Waals surface area contributed by atoms with Crippen LogP contribution in [0.4, 0.5) is 0 Å². The summed E-state index contributed by atoms with van der Waals surface area (Å²) in [6.07, 6.45) is 1.58. The second kappa shape index (κ2) is 3.69. The second-order valence-corrected chi connectivity index (χ2v) is 3.44. The zero-order chi connectivity index (χ0) is 10.8. The fourth-order valence-electron chi connectivity index (χ4n) is 1.73. The molecular formula is C12H11NO2. The number of imide groups is 1. The van der Waals surface area contributed by atoms with E-state index in [0.29, 0.717) is 6.42 Å². The first-order valence-electron chi connectivity index (χ1n) is 4.77. The summed E-state index contributed by atoms with van der Waals surface area (Å²) in [5.74, 6) is -0.450. The molecule has 0 saturated carbocycles. The van der Waals surface area contributed by atoms with E-state index in [4.69, 9.17) is 0 Å². The van der Waals surface area contributed by atoms with E-state index in [-0.39, 0.29) is 17.9 Å². The minimum absolute atomic E-state index is 0.107. The number of hydrogen-bond acceptors (Lipinski definition) is 2. The Bertz CT molecular complexity index is 411. The Hall–Kier alpha value is -1.90. The Morgan fingerprint density at radius 1 is 1.40 bits per heavy atom. The van der Waals surface area contributed by atoms with E-state index in [2.05, 4.69) is 6.58 Å². The molecule has 1 saturated heterocycles. The van der Waals surface area contributed by atoms with Crippen molar-refractivity contribution in [2.75, 3.05) is 0 Å². The molecule has 0 radical (unpaired) electrons. The van der Waals surface area contributed by atoms with Crippen molar-refractivity contribution in [1.82, 2.24) is 4.90 Å². The van der Waals surface area contributed by atoms with Crippen LogP contribution in [0.5, 0.6) is 0 Å². The molecule has 2 amide bonds. The van der Waals surface area contributed by atoms with Gasteiger partial charge in [-0.1, -0.05) is 36.9 Å². The number of carbonyl (C=O) groups excluding carboxylic acids is 2. The third kappa shape index (κ3) is 1.56. The molecule has 0 bridgehead atoms. The van der Waals surface area contributed by atoms with Crippen molar-refractivity contribution in [2.24, 2.45) is 0 Å². The Morgan fingerprint density at radius 2 is 2.07 bits per heavy atom. The van der Waals surface area contributed by atoms with Gasteiger partial charge in [0.25, 0.3) is 5.91 Å². The number of rotatable bonds is 2. The molecule has 0 spiro atoms. The lowest BCUT2D eigenvalue weighted by Crippen LogP contribution is -2.49. The van der Waals surface area contributed by atoms with Crippen molar-refractivity contribution in [3.05, 3.63) is 48.6 Å². The lowest BCUT2D eigenvalue weighted by Gasteiger charge is -2.38. The lowest BCUT2D eigenvalue weighted by atomic mass is 9.94. The van der Waals surface area contributed by atoms with Gasteiger partial charge in [0.05, 0.1) is 12.5 Å². The van der Waals surface area contributed by atoms with E-state index in [0.717, 1.165) is 5.56 Å². The van der Waals surface area contributed by atoms with Gasteiger partial charge in [0.15, 0.2) is 0 Å². The van der Waals surface area contributed by atoms with Gasteiger partial charge in [-0.05, 0) is 11.6 Å². The minimum atomic E-state index is -0.319. The van der Waals surface area contributed by atoms with Gasteiger partial charge in [0, 0.05) is 0 Å². The Kier molecular flexibility index (Phi) is 2.37. The fourth-order valence-corrected chi connectivity index (χ4v) is 1.73. The quantitative estimate of drug-likeness (QED) is 0.539. The number of likely N-dealkylation sites (tertiary alicyclic amines) is 1. The van der Waals surface area contributed by atoms with Crippen LogP contribution in [0.25, 0.3) is 0 Å². The molecule has 1 aromatic carbocycles. The van der Waals surface area contributed by atoms with E-state index < -0.39 is 0 Å². The monoisotopic (exact) mass is 201 g/mol. The average Bonchev–Trinajstić information content (AvgIpc) is 2.26. The van der Waals surface area contributed by atoms with Crippen LogP contribution in [0.1, 0.15) is 18.0 Å². The molecule has 0 aromatic heterocycles. The van der Waals surface area contributed by atoms with Gasteiger partial charge in [-0.2, -0.15) is 0 Å². The van der Waals surface area contributed by atoms with Crippen molar-refractivity contribution < 1.29 is 9.59 Å². The van der Waals surface area contributed by atoms with Gasteiger partial charge in [-0.25, -0.2) is 0 Å². The molecule has 2 rings (SSSR count). The molecule has 1 heterocycles. The van der Waals surface area contributed by atoms with Gasteiger partial charge in [0.1, 0.15) is 0 Å². The summed E-state index contributed by atoms with van der Waals surface area (Å²) in [7, 11) is 0. The average molecular weight is 201 g/mol. The standard InChI is InChI=1S/C12H11NO2/c1-2-11(14)13-10(8-12(13)15)9-6-4-3-5-7-9/h2-7,10H,1,8H2. The maximum Gasteiger partial charge on any atom is 0.253 e. The van der Waals surface area contributed by atoms with Crippen molar-refractivity contribution in [3.63, 3.8) is 0 Å². The van der Waals surface area contributed by atoms with Gasteiger partial charge in [-0.3, -0.25) is 14.5 Å². The summed E-state index contributed by atoms with van der Waals surface area (Å²) >= 11 is 0. The Labute approximate surface area is 88.0 Å². The number of amides is 2. The largest absolute Gasteiger partial charge is 0.274 e. The van der Waals surface area contributed by atoms with Crippen LogP contribution in [0.15, 0.2) is 43.0 Å². The number of hydrogen-bond donors (Lipinski definition) is 0. The van der Waals surface area contributed by atoms with E-state index in [9.17, 15) is 9.59 Å². The first-order chi connectivity index (χ1) is 7.24. The third-order valence-electron chi connectivity index (χ3n) is 2.54. The molecule has 3 heteroatoms. The molecule has 1 fully saturated rings. The molecule has 1 aliphatic heterocycles. The summed E-state index contributed by atoms with van der Waals surface area (Å²) < 4.78 is 0. The highest BCUT2D eigenvalue weighted by atomic mass is 16.2. The van der Waals surface area contributed by atoms with Crippen LogP contribution in [-0.4, -0.2) is 16.7 Å². The Morgan fingerprint density at radius 3 is 2.60 bits per heavy atom. The SMILES string of the molecule is C=CC(=O)N1C(=O)CC1c1ccccc1. The van der Waals surface area contributed by atoms with E-state index >= 15 is 0 Å². The maximum absolute atomic E-state index is 11.4. The predicted molar refractivity (Wildman–Crippen MR) is 55.9 cm³/mol. The van der Waals surface area contributed by atoms with Gasteiger partial charge >= 0.3 is 0 Å². The summed E-state index contributed by atoms with van der Waals surface area (Å²) in [6.45, 7) is 3.38. The molecule has 3 nitrogen and oxygen atoms in total. The predicted octanol–water partition coefficient (Wildman–Crippen LogP) is 1.67. The zero-order valence-electron chi connectivity index (χ0n) is 8.22. The maximum atomic E-state index is 11.4. The molecule has 1 aromatic rings. The van der Waals surface area contributed by atoms with E-state index in [1.54, 1.807) is 0 Å². The second-order valence-electron chi connectivity index (χ2n) is 3.44. The number of nitrogens with zero attached hydrogens (tertiary/aromatic N) is 1. The number of benzene rings is 1. The molecule has 1 aliphatic rings. The van der Waals surface area contributed by atoms with E-state index in [1.807, 2.05) is 30.3 Å². The third-order valence-corrected chi connectivity index (χ3v) is 2.54. The van der Waals surface area contributed by atoms with Gasteiger partial charge < -0.3 is 0 Å². The summed E-state index contributed by atoms with van der Waals surface area (Å²) in [5.41, 5.74) is 0.993. The first kappa shape index (κ1) is 9.65. The summed E-state index contributed by atoms with van der Waals surface area (Å²) in [5, 5.41) is 0. The van der Waals surface area contributed by atoms with Crippen LogP contribution in [0.3, 0.4) is 0 Å². The summed E-state index contributed by atoms with van der Waals surface area (Å²) in [6, 6.07) is 9.43. The zero-order valence-corrected chi connectivity index (χ0v) is 8.22. The van der Waals surface area contributed by atoms with Crippen molar-refractivity contribution in [1.29, 1.82) is 0 Å². The van der Waals surface area contributed by atoms with Crippen LogP contribution in [-0.2, 0) is 9.59 Å². The highest BCUT2D eigenvalue weighted by molar-refractivity contribution is 6.05. The minimum Gasteiger partial charge on any atom is -0.274 e. The lowest BCUT2D eigenvalue weighted by molar-refractivity contribution is -0.155.